The maximum atomic E-state index is 12.4. The summed E-state index contributed by atoms with van der Waals surface area (Å²) in [7, 11) is 0. The fourth-order valence-electron chi connectivity index (χ4n) is 2.27. The van der Waals surface area contributed by atoms with Gasteiger partial charge in [0.05, 0.1) is 18.3 Å². The Bertz CT molecular complexity index is 806. The molecule has 22 heavy (non-hydrogen) atoms. The highest BCUT2D eigenvalue weighted by Crippen LogP contribution is 2.18. The van der Waals surface area contributed by atoms with Gasteiger partial charge in [-0.3, -0.25) is 0 Å². The maximum Gasteiger partial charge on any atom is 0.347 e. The Morgan fingerprint density at radius 2 is 2.00 bits per heavy atom. The van der Waals surface area contributed by atoms with Crippen molar-refractivity contribution >= 4 is 22.6 Å². The van der Waals surface area contributed by atoms with Crippen molar-refractivity contribution in [3.05, 3.63) is 54.2 Å². The van der Waals surface area contributed by atoms with E-state index in [-0.39, 0.29) is 6.03 Å². The highest BCUT2D eigenvalue weighted by molar-refractivity contribution is 5.97. The van der Waals surface area contributed by atoms with E-state index in [1.165, 1.54) is 4.68 Å². The molecule has 5 heteroatoms. The normalized spacial score (nSPS) is 10.6. The summed E-state index contributed by atoms with van der Waals surface area (Å²) in [4.78, 5) is 12.4. The molecule has 3 rings (SSSR count). The van der Waals surface area contributed by atoms with Gasteiger partial charge < -0.3 is 10.1 Å². The number of aryl methyl sites for hydroxylation is 1. The minimum atomic E-state index is -0.287. The molecular formula is C17H17N3O2. The van der Waals surface area contributed by atoms with Crippen LogP contribution in [0.1, 0.15) is 12.5 Å². The van der Waals surface area contributed by atoms with Gasteiger partial charge in [0.25, 0.3) is 0 Å². The molecule has 1 heterocycles. The third-order valence-electron chi connectivity index (χ3n) is 3.34. The number of hydrogen-bond donors (Lipinski definition) is 1. The molecule has 0 spiro atoms. The average molecular weight is 295 g/mol. The van der Waals surface area contributed by atoms with E-state index in [0.717, 1.165) is 22.2 Å². The monoisotopic (exact) mass is 295 g/mol. The average Bonchev–Trinajstić information content (AvgIpc) is 2.92. The van der Waals surface area contributed by atoms with Crippen molar-refractivity contribution in [3.8, 4) is 5.75 Å². The van der Waals surface area contributed by atoms with Crippen LogP contribution in [-0.4, -0.2) is 22.4 Å². The number of aromatic nitrogens is 2. The number of rotatable bonds is 3. The molecule has 0 bridgehead atoms. The summed E-state index contributed by atoms with van der Waals surface area (Å²) < 4.78 is 6.75. The highest BCUT2D eigenvalue weighted by Gasteiger charge is 2.10. The number of amides is 1. The number of anilines is 1. The Labute approximate surface area is 128 Å². The Morgan fingerprint density at radius 1 is 1.23 bits per heavy atom. The lowest BCUT2D eigenvalue weighted by atomic mass is 10.2. The fourth-order valence-corrected chi connectivity index (χ4v) is 2.27. The van der Waals surface area contributed by atoms with Gasteiger partial charge in [0.2, 0.25) is 0 Å². The molecule has 112 valence electrons. The van der Waals surface area contributed by atoms with Crippen molar-refractivity contribution in [2.24, 2.45) is 0 Å². The first-order chi connectivity index (χ1) is 10.7. The summed E-state index contributed by atoms with van der Waals surface area (Å²) >= 11 is 0. The maximum absolute atomic E-state index is 12.4. The number of carbonyl (C=O) groups is 1. The summed E-state index contributed by atoms with van der Waals surface area (Å²) in [6, 6.07) is 12.9. The first-order valence-corrected chi connectivity index (χ1v) is 7.16. The van der Waals surface area contributed by atoms with Gasteiger partial charge in [0.1, 0.15) is 5.75 Å². The Morgan fingerprint density at radius 3 is 2.73 bits per heavy atom. The van der Waals surface area contributed by atoms with E-state index in [1.807, 2.05) is 44.2 Å². The predicted molar refractivity (Wildman–Crippen MR) is 86.5 cm³/mol. The number of nitrogens with one attached hydrogen (secondary N) is 1. The van der Waals surface area contributed by atoms with E-state index in [0.29, 0.717) is 12.3 Å². The molecule has 5 nitrogen and oxygen atoms in total. The van der Waals surface area contributed by atoms with E-state index in [4.69, 9.17) is 4.74 Å². The third-order valence-corrected chi connectivity index (χ3v) is 3.34. The van der Waals surface area contributed by atoms with Crippen LogP contribution >= 0.6 is 0 Å². The number of hydrogen-bond acceptors (Lipinski definition) is 3. The van der Waals surface area contributed by atoms with Crippen LogP contribution in [0.2, 0.25) is 0 Å². The second-order valence-corrected chi connectivity index (χ2v) is 5.01. The SMILES string of the molecule is CCOc1ccc(NC(=O)n2ncc3ccc(C)cc32)cc1. The van der Waals surface area contributed by atoms with Gasteiger partial charge in [-0.25, -0.2) is 4.79 Å². The molecule has 0 aliphatic heterocycles. The lowest BCUT2D eigenvalue weighted by Gasteiger charge is -2.07. The number of fused-ring (bicyclic) bond motifs is 1. The van der Waals surface area contributed by atoms with E-state index < -0.39 is 0 Å². The van der Waals surface area contributed by atoms with Gasteiger partial charge in [-0.2, -0.15) is 9.78 Å². The zero-order chi connectivity index (χ0) is 15.5. The van der Waals surface area contributed by atoms with Gasteiger partial charge >= 0.3 is 6.03 Å². The van der Waals surface area contributed by atoms with Gasteiger partial charge in [-0.05, 0) is 49.7 Å². The molecular weight excluding hydrogens is 278 g/mol. The molecule has 0 saturated heterocycles. The standard InChI is InChI=1S/C17H17N3O2/c1-3-22-15-8-6-14(7-9-15)19-17(21)20-16-10-12(2)4-5-13(16)11-18-20/h4-11H,3H2,1-2H3,(H,19,21). The smallest absolute Gasteiger partial charge is 0.347 e. The molecule has 0 unspecified atom stereocenters. The van der Waals surface area contributed by atoms with Crippen molar-refractivity contribution in [2.75, 3.05) is 11.9 Å². The molecule has 0 saturated carbocycles. The van der Waals surface area contributed by atoms with Crippen molar-refractivity contribution < 1.29 is 9.53 Å². The number of nitrogens with zero attached hydrogens (tertiary/aromatic N) is 2. The first-order valence-electron chi connectivity index (χ1n) is 7.16. The third kappa shape index (κ3) is 2.79. The number of carbonyl (C=O) groups excluding carboxylic acids is 1. The van der Waals surface area contributed by atoms with Crippen LogP contribution in [0.5, 0.6) is 5.75 Å². The van der Waals surface area contributed by atoms with Crippen LogP contribution in [0, 0.1) is 6.92 Å². The van der Waals surface area contributed by atoms with E-state index >= 15 is 0 Å². The molecule has 1 N–H and O–H groups in total. The zero-order valence-corrected chi connectivity index (χ0v) is 12.5. The Kier molecular flexibility index (Phi) is 3.78. The minimum absolute atomic E-state index is 0.287. The second-order valence-electron chi connectivity index (χ2n) is 5.01. The number of ether oxygens (including phenoxy) is 1. The molecule has 0 aliphatic carbocycles. The molecule has 0 radical (unpaired) electrons. The molecule has 2 aromatic carbocycles. The van der Waals surface area contributed by atoms with E-state index in [2.05, 4.69) is 10.4 Å². The molecule has 3 aromatic rings. The molecule has 1 aromatic heterocycles. The lowest BCUT2D eigenvalue weighted by molar-refractivity contribution is 0.252. The Hall–Kier alpha value is -2.82. The number of benzene rings is 2. The van der Waals surface area contributed by atoms with Crippen LogP contribution in [0.3, 0.4) is 0 Å². The van der Waals surface area contributed by atoms with Crippen molar-refractivity contribution in [1.29, 1.82) is 0 Å². The van der Waals surface area contributed by atoms with Gasteiger partial charge in [0.15, 0.2) is 0 Å². The first kappa shape index (κ1) is 14.1. The summed E-state index contributed by atoms with van der Waals surface area (Å²) in [6.45, 7) is 4.53. The molecule has 0 atom stereocenters. The van der Waals surface area contributed by atoms with Crippen LogP contribution in [0.15, 0.2) is 48.7 Å². The van der Waals surface area contributed by atoms with E-state index in [1.54, 1.807) is 18.3 Å². The summed E-state index contributed by atoms with van der Waals surface area (Å²) in [6.07, 6.45) is 1.69. The fraction of sp³-hybridized carbons (Fsp3) is 0.176. The summed E-state index contributed by atoms with van der Waals surface area (Å²) in [5, 5.41) is 7.93. The van der Waals surface area contributed by atoms with Crippen LogP contribution in [0.4, 0.5) is 10.5 Å². The molecule has 0 aliphatic rings. The second kappa shape index (κ2) is 5.89. The predicted octanol–water partition coefficient (Wildman–Crippen LogP) is 3.82. The molecule has 1 amide bonds. The lowest BCUT2D eigenvalue weighted by Crippen LogP contribution is -2.20. The minimum Gasteiger partial charge on any atom is -0.494 e. The topological polar surface area (TPSA) is 56.1 Å². The largest absolute Gasteiger partial charge is 0.494 e. The van der Waals surface area contributed by atoms with Gasteiger partial charge in [0, 0.05) is 11.1 Å². The van der Waals surface area contributed by atoms with Crippen molar-refractivity contribution in [3.63, 3.8) is 0 Å². The van der Waals surface area contributed by atoms with Crippen LogP contribution in [-0.2, 0) is 0 Å². The summed E-state index contributed by atoms with van der Waals surface area (Å²) in [5.41, 5.74) is 2.58. The van der Waals surface area contributed by atoms with Gasteiger partial charge in [-0.15, -0.1) is 0 Å². The van der Waals surface area contributed by atoms with Crippen LogP contribution < -0.4 is 10.1 Å². The summed E-state index contributed by atoms with van der Waals surface area (Å²) in [5.74, 6) is 0.778. The van der Waals surface area contributed by atoms with Crippen LogP contribution in [0.25, 0.3) is 10.9 Å². The molecule has 0 fully saturated rings. The highest BCUT2D eigenvalue weighted by atomic mass is 16.5. The zero-order valence-electron chi connectivity index (χ0n) is 12.5. The van der Waals surface area contributed by atoms with Crippen molar-refractivity contribution in [1.82, 2.24) is 9.78 Å². The van der Waals surface area contributed by atoms with E-state index in [9.17, 15) is 4.79 Å². The quantitative estimate of drug-likeness (QED) is 0.799. The van der Waals surface area contributed by atoms with Gasteiger partial charge in [-0.1, -0.05) is 12.1 Å². The van der Waals surface area contributed by atoms with Crippen molar-refractivity contribution in [2.45, 2.75) is 13.8 Å². The Balaban J connectivity index is 1.82.